The number of halogens is 1. The molecule has 1 saturated heterocycles. The minimum Gasteiger partial charge on any atom is -0.274 e. The average Bonchev–Trinajstić information content (AvgIpc) is 2.76. The molecule has 2 rings (SSSR count). The molecule has 1 aliphatic rings. The van der Waals surface area contributed by atoms with Crippen molar-refractivity contribution in [3.8, 4) is 0 Å². The topological polar surface area (TPSA) is 55.2 Å². The summed E-state index contributed by atoms with van der Waals surface area (Å²) in [4.78, 5) is 0.130. The summed E-state index contributed by atoms with van der Waals surface area (Å²) in [5.41, 5.74) is 0. The average molecular weight is 289 g/mol. The van der Waals surface area contributed by atoms with E-state index in [1.54, 1.807) is 7.05 Å². The highest BCUT2D eigenvalue weighted by Crippen LogP contribution is 2.30. The first-order valence-corrected chi connectivity index (χ1v) is 7.89. The van der Waals surface area contributed by atoms with Crippen molar-refractivity contribution < 1.29 is 12.8 Å². The Labute approximate surface area is 113 Å². The Hall–Kier alpha value is -0.950. The van der Waals surface area contributed by atoms with Gasteiger partial charge in [0.1, 0.15) is 11.1 Å². The van der Waals surface area contributed by atoms with E-state index in [2.05, 4.69) is 5.10 Å². The highest BCUT2D eigenvalue weighted by atomic mass is 32.2. The smallest absolute Gasteiger partial charge is 0.246 e. The quantitative estimate of drug-likeness (QED) is 0.845. The van der Waals surface area contributed by atoms with Gasteiger partial charge in [-0.25, -0.2) is 12.8 Å². The van der Waals surface area contributed by atoms with Gasteiger partial charge in [0.25, 0.3) is 0 Å². The fraction of sp³-hybridized carbons (Fsp3) is 0.750. The number of nitrogens with zero attached hydrogens (tertiary/aromatic N) is 3. The van der Waals surface area contributed by atoms with Crippen molar-refractivity contribution >= 4 is 10.0 Å². The molecule has 0 aromatic carbocycles. The molecule has 108 valence electrons. The molecule has 2 atom stereocenters. The van der Waals surface area contributed by atoms with Gasteiger partial charge in [-0.3, -0.25) is 4.68 Å². The van der Waals surface area contributed by atoms with Crippen LogP contribution in [0.1, 0.15) is 20.3 Å². The normalized spacial score (nSPS) is 25.9. The van der Waals surface area contributed by atoms with Crippen LogP contribution in [-0.2, 0) is 17.1 Å². The molecule has 0 spiro atoms. The molecular weight excluding hydrogens is 269 g/mol. The largest absolute Gasteiger partial charge is 0.274 e. The molecule has 5 nitrogen and oxygen atoms in total. The van der Waals surface area contributed by atoms with E-state index in [0.29, 0.717) is 13.0 Å². The number of sulfonamides is 1. The molecule has 0 amide bonds. The summed E-state index contributed by atoms with van der Waals surface area (Å²) in [6.07, 6.45) is 2.22. The van der Waals surface area contributed by atoms with E-state index < -0.39 is 16.2 Å². The van der Waals surface area contributed by atoms with Crippen LogP contribution in [0.25, 0.3) is 0 Å². The second-order valence-corrected chi connectivity index (χ2v) is 7.36. The van der Waals surface area contributed by atoms with Crippen LogP contribution in [0.4, 0.5) is 4.39 Å². The summed E-state index contributed by atoms with van der Waals surface area (Å²) in [5.74, 6) is 0.179. The van der Waals surface area contributed by atoms with Crippen molar-refractivity contribution in [2.24, 2.45) is 18.9 Å². The summed E-state index contributed by atoms with van der Waals surface area (Å²) >= 11 is 0. The van der Waals surface area contributed by atoms with E-state index in [0.717, 1.165) is 0 Å². The Morgan fingerprint density at radius 3 is 2.63 bits per heavy atom. The second kappa shape index (κ2) is 5.20. The number of alkyl halides is 1. The minimum atomic E-state index is -3.61. The van der Waals surface area contributed by atoms with Crippen molar-refractivity contribution in [1.82, 2.24) is 14.1 Å². The van der Waals surface area contributed by atoms with E-state index >= 15 is 0 Å². The van der Waals surface area contributed by atoms with Crippen LogP contribution in [0.2, 0.25) is 0 Å². The number of aromatic nitrogens is 2. The van der Waals surface area contributed by atoms with Gasteiger partial charge in [-0.15, -0.1) is 0 Å². The van der Waals surface area contributed by atoms with Gasteiger partial charge < -0.3 is 0 Å². The van der Waals surface area contributed by atoms with Gasteiger partial charge in [0.2, 0.25) is 10.0 Å². The number of piperidine rings is 1. The van der Waals surface area contributed by atoms with E-state index in [-0.39, 0.29) is 23.3 Å². The third-order valence-corrected chi connectivity index (χ3v) is 5.55. The lowest BCUT2D eigenvalue weighted by molar-refractivity contribution is 0.101. The highest BCUT2D eigenvalue weighted by Gasteiger charge is 2.37. The van der Waals surface area contributed by atoms with Crippen LogP contribution in [0.15, 0.2) is 17.3 Å². The van der Waals surface area contributed by atoms with Gasteiger partial charge in [0.15, 0.2) is 0 Å². The van der Waals surface area contributed by atoms with Gasteiger partial charge in [-0.1, -0.05) is 13.8 Å². The van der Waals surface area contributed by atoms with Crippen molar-refractivity contribution in [3.63, 3.8) is 0 Å². The van der Waals surface area contributed by atoms with Gasteiger partial charge >= 0.3 is 0 Å². The maximum atomic E-state index is 14.1. The maximum absolute atomic E-state index is 14.1. The first-order valence-electron chi connectivity index (χ1n) is 6.45. The monoisotopic (exact) mass is 289 g/mol. The molecule has 1 fully saturated rings. The Kier molecular flexibility index (Phi) is 3.96. The predicted octanol–water partition coefficient (Wildman–Crippen LogP) is 1.42. The van der Waals surface area contributed by atoms with Crippen molar-refractivity contribution in [2.45, 2.75) is 31.3 Å². The second-order valence-electron chi connectivity index (χ2n) is 5.43. The molecule has 0 N–H and O–H groups in total. The Morgan fingerprint density at radius 2 is 2.16 bits per heavy atom. The first kappa shape index (κ1) is 14.5. The molecule has 0 radical (unpaired) electrons. The minimum absolute atomic E-state index is 0.0552. The van der Waals surface area contributed by atoms with Gasteiger partial charge in [0.05, 0.1) is 6.20 Å². The molecule has 0 aliphatic carbocycles. The summed E-state index contributed by atoms with van der Waals surface area (Å²) in [6, 6.07) is 0. The van der Waals surface area contributed by atoms with Crippen LogP contribution in [0, 0.1) is 11.8 Å². The molecule has 7 heteroatoms. The van der Waals surface area contributed by atoms with Crippen LogP contribution >= 0.6 is 0 Å². The number of hydrogen-bond donors (Lipinski definition) is 0. The van der Waals surface area contributed by atoms with Gasteiger partial charge in [0, 0.05) is 26.3 Å². The lowest BCUT2D eigenvalue weighted by atomic mass is 9.86. The Balaban J connectivity index is 2.16. The fourth-order valence-electron chi connectivity index (χ4n) is 2.55. The lowest BCUT2D eigenvalue weighted by Gasteiger charge is -2.35. The third kappa shape index (κ3) is 2.81. The highest BCUT2D eigenvalue weighted by molar-refractivity contribution is 7.89. The van der Waals surface area contributed by atoms with Crippen molar-refractivity contribution in [2.75, 3.05) is 13.1 Å². The lowest BCUT2D eigenvalue weighted by Crippen LogP contribution is -2.46. The molecule has 0 unspecified atom stereocenters. The molecule has 1 aliphatic heterocycles. The zero-order valence-electron chi connectivity index (χ0n) is 11.5. The number of rotatable bonds is 3. The molecule has 0 saturated carbocycles. The Bertz CT molecular complexity index is 541. The van der Waals surface area contributed by atoms with E-state index in [4.69, 9.17) is 0 Å². The third-order valence-electron chi connectivity index (χ3n) is 3.73. The maximum Gasteiger partial charge on any atom is 0.246 e. The molecular formula is C12H20FN3O2S. The fourth-order valence-corrected chi connectivity index (χ4v) is 3.99. The summed E-state index contributed by atoms with van der Waals surface area (Å²) in [7, 11) is -1.96. The summed E-state index contributed by atoms with van der Waals surface area (Å²) in [5, 5.41) is 3.86. The summed E-state index contributed by atoms with van der Waals surface area (Å²) < 4.78 is 41.4. The summed E-state index contributed by atoms with van der Waals surface area (Å²) in [6.45, 7) is 4.27. The number of aryl methyl sites for hydroxylation is 1. The molecule has 2 heterocycles. The van der Waals surface area contributed by atoms with Crippen LogP contribution in [-0.4, -0.2) is 41.8 Å². The van der Waals surface area contributed by atoms with Crippen LogP contribution in [0.5, 0.6) is 0 Å². The van der Waals surface area contributed by atoms with Gasteiger partial charge in [-0.05, 0) is 18.3 Å². The zero-order valence-corrected chi connectivity index (χ0v) is 12.3. The standard InChI is InChI=1S/C12H20FN3O2S/c1-9(2)11-4-5-16(8-12(11)13)19(17,18)10-6-14-15(3)7-10/h6-7,9,11-12H,4-5,8H2,1-3H3/t11-,12+/m0/s1. The van der Waals surface area contributed by atoms with E-state index in [1.807, 2.05) is 13.8 Å². The number of hydrogen-bond acceptors (Lipinski definition) is 3. The zero-order chi connectivity index (χ0) is 14.2. The van der Waals surface area contributed by atoms with Crippen molar-refractivity contribution in [3.05, 3.63) is 12.4 Å². The molecule has 0 bridgehead atoms. The van der Waals surface area contributed by atoms with Crippen LogP contribution < -0.4 is 0 Å². The van der Waals surface area contributed by atoms with E-state index in [9.17, 15) is 12.8 Å². The predicted molar refractivity (Wildman–Crippen MR) is 69.8 cm³/mol. The van der Waals surface area contributed by atoms with Crippen LogP contribution in [0.3, 0.4) is 0 Å². The van der Waals surface area contributed by atoms with Gasteiger partial charge in [-0.2, -0.15) is 9.40 Å². The van der Waals surface area contributed by atoms with E-state index in [1.165, 1.54) is 21.4 Å². The molecule has 1 aromatic rings. The Morgan fingerprint density at radius 1 is 1.47 bits per heavy atom. The van der Waals surface area contributed by atoms with Crippen molar-refractivity contribution in [1.29, 1.82) is 0 Å². The molecule has 1 aromatic heterocycles. The molecule has 19 heavy (non-hydrogen) atoms. The first-order chi connectivity index (χ1) is 8.82. The SMILES string of the molecule is CC(C)[C@@H]1CCN(S(=O)(=O)c2cnn(C)c2)C[C@H]1F.